The zero-order valence-electron chi connectivity index (χ0n) is 16.3. The van der Waals surface area contributed by atoms with Crippen LogP contribution < -0.4 is 5.32 Å². The Morgan fingerprint density at radius 1 is 0.935 bits per heavy atom. The highest BCUT2D eigenvalue weighted by Gasteiger charge is 2.33. The van der Waals surface area contributed by atoms with Crippen LogP contribution in [0.4, 0.5) is 18.9 Å². The number of para-hydroxylation sites is 1. The minimum absolute atomic E-state index is 0.180. The van der Waals surface area contributed by atoms with Crippen molar-refractivity contribution >= 4 is 34.1 Å². The molecular formula is C25H17F3N2O. The second kappa shape index (κ2) is 7.16. The van der Waals surface area contributed by atoms with E-state index in [-0.39, 0.29) is 5.69 Å². The van der Waals surface area contributed by atoms with E-state index in [0.717, 1.165) is 34.2 Å². The molecule has 0 saturated heterocycles. The number of halogens is 3. The van der Waals surface area contributed by atoms with Gasteiger partial charge in [0.05, 0.1) is 5.56 Å². The fourth-order valence-corrected chi connectivity index (χ4v) is 3.97. The first-order valence-electron chi connectivity index (χ1n) is 9.76. The van der Waals surface area contributed by atoms with Crippen LogP contribution in [0.1, 0.15) is 22.3 Å². The Morgan fingerprint density at radius 3 is 2.45 bits per heavy atom. The van der Waals surface area contributed by atoms with Gasteiger partial charge < -0.3 is 9.88 Å². The molecule has 0 unspecified atom stereocenters. The van der Waals surface area contributed by atoms with Crippen molar-refractivity contribution in [2.24, 2.45) is 0 Å². The van der Waals surface area contributed by atoms with Crippen LogP contribution >= 0.6 is 0 Å². The van der Waals surface area contributed by atoms with E-state index in [4.69, 9.17) is 0 Å². The SMILES string of the molecule is O=C1Nc2cc(C(F)(F)F)ccc2/C1=C\c1cn(Cc2ccccc2)c2ccccc12. The Balaban J connectivity index is 1.59. The molecule has 6 heteroatoms. The summed E-state index contributed by atoms with van der Waals surface area (Å²) >= 11 is 0. The first-order valence-corrected chi connectivity index (χ1v) is 9.76. The van der Waals surface area contributed by atoms with Crippen molar-refractivity contribution in [3.63, 3.8) is 0 Å². The number of alkyl halides is 3. The van der Waals surface area contributed by atoms with E-state index >= 15 is 0 Å². The standard InChI is InChI=1S/C25H17F3N2O/c26-25(27,28)18-10-11-20-21(24(31)29-22(20)13-18)12-17-15-30(14-16-6-2-1-3-7-16)23-9-5-4-8-19(17)23/h1-13,15H,14H2,(H,29,31)/b21-12+. The summed E-state index contributed by atoms with van der Waals surface area (Å²) in [4.78, 5) is 12.6. The van der Waals surface area contributed by atoms with E-state index in [0.29, 0.717) is 17.7 Å². The van der Waals surface area contributed by atoms with E-state index in [9.17, 15) is 18.0 Å². The molecule has 154 valence electrons. The quantitative estimate of drug-likeness (QED) is 0.395. The number of hydrogen-bond donors (Lipinski definition) is 1. The van der Waals surface area contributed by atoms with E-state index < -0.39 is 17.6 Å². The molecule has 1 aromatic heterocycles. The molecule has 3 nitrogen and oxygen atoms in total. The summed E-state index contributed by atoms with van der Waals surface area (Å²) in [5, 5.41) is 3.53. The lowest BCUT2D eigenvalue weighted by Crippen LogP contribution is -2.06. The summed E-state index contributed by atoms with van der Waals surface area (Å²) in [5.74, 6) is -0.408. The number of fused-ring (bicyclic) bond motifs is 2. The Bertz CT molecular complexity index is 1330. The van der Waals surface area contributed by atoms with Crippen molar-refractivity contribution in [3.05, 3.63) is 101 Å². The Labute approximate surface area is 176 Å². The lowest BCUT2D eigenvalue weighted by atomic mass is 10.0. The summed E-state index contributed by atoms with van der Waals surface area (Å²) in [6, 6.07) is 21.2. The van der Waals surface area contributed by atoms with Gasteiger partial charge in [-0.3, -0.25) is 4.79 Å². The first-order chi connectivity index (χ1) is 14.9. The summed E-state index contributed by atoms with van der Waals surface area (Å²) in [5.41, 5.74) is 3.22. The highest BCUT2D eigenvalue weighted by Crippen LogP contribution is 2.39. The van der Waals surface area contributed by atoms with Gasteiger partial charge >= 0.3 is 6.18 Å². The van der Waals surface area contributed by atoms with Crippen LogP contribution in [-0.2, 0) is 17.5 Å². The third-order valence-electron chi connectivity index (χ3n) is 5.44. The number of rotatable bonds is 3. The van der Waals surface area contributed by atoms with Crippen LogP contribution in [0.15, 0.2) is 79.0 Å². The molecule has 0 radical (unpaired) electrons. The van der Waals surface area contributed by atoms with Crippen LogP contribution in [-0.4, -0.2) is 10.5 Å². The van der Waals surface area contributed by atoms with Gasteiger partial charge in [-0.25, -0.2) is 0 Å². The van der Waals surface area contributed by atoms with Gasteiger partial charge in [0, 0.05) is 46.0 Å². The van der Waals surface area contributed by atoms with Gasteiger partial charge in [0.25, 0.3) is 5.91 Å². The minimum Gasteiger partial charge on any atom is -0.342 e. The molecule has 0 spiro atoms. The maximum Gasteiger partial charge on any atom is 0.416 e. The average Bonchev–Trinajstić information content (AvgIpc) is 3.25. The van der Waals surface area contributed by atoms with Gasteiger partial charge in [-0.05, 0) is 29.8 Å². The van der Waals surface area contributed by atoms with Crippen LogP contribution in [0.25, 0.3) is 22.6 Å². The predicted molar refractivity (Wildman–Crippen MR) is 115 cm³/mol. The second-order valence-electron chi connectivity index (χ2n) is 7.49. The predicted octanol–water partition coefficient (Wildman–Crippen LogP) is 6.20. The highest BCUT2D eigenvalue weighted by atomic mass is 19.4. The van der Waals surface area contributed by atoms with Crippen molar-refractivity contribution in [2.45, 2.75) is 12.7 Å². The molecule has 0 bridgehead atoms. The summed E-state index contributed by atoms with van der Waals surface area (Å²) in [6.45, 7) is 0.669. The van der Waals surface area contributed by atoms with E-state index in [1.165, 1.54) is 6.07 Å². The largest absolute Gasteiger partial charge is 0.416 e. The number of anilines is 1. The van der Waals surface area contributed by atoms with E-state index in [2.05, 4.69) is 9.88 Å². The van der Waals surface area contributed by atoms with Gasteiger partial charge in [0.15, 0.2) is 0 Å². The lowest BCUT2D eigenvalue weighted by molar-refractivity contribution is -0.137. The van der Waals surface area contributed by atoms with Crippen LogP contribution in [0, 0.1) is 0 Å². The Kier molecular flexibility index (Phi) is 4.43. The third-order valence-corrected chi connectivity index (χ3v) is 5.44. The molecule has 0 atom stereocenters. The average molecular weight is 418 g/mol. The molecule has 4 aromatic rings. The molecule has 1 aliphatic heterocycles. The summed E-state index contributed by atoms with van der Waals surface area (Å²) in [6.07, 6.45) is -0.741. The fraction of sp³-hybridized carbons (Fsp3) is 0.0800. The topological polar surface area (TPSA) is 34.0 Å². The molecule has 31 heavy (non-hydrogen) atoms. The van der Waals surface area contributed by atoms with Crippen LogP contribution in [0.3, 0.4) is 0 Å². The molecule has 1 aliphatic rings. The normalized spacial score (nSPS) is 14.8. The number of carbonyl (C=O) groups is 1. The van der Waals surface area contributed by atoms with Crippen LogP contribution in [0.5, 0.6) is 0 Å². The number of aromatic nitrogens is 1. The maximum absolute atomic E-state index is 13.0. The Hall–Kier alpha value is -3.80. The smallest absolute Gasteiger partial charge is 0.342 e. The number of nitrogens with zero attached hydrogens (tertiary/aromatic N) is 1. The molecule has 0 aliphatic carbocycles. The van der Waals surface area contributed by atoms with Crippen molar-refractivity contribution in [3.8, 4) is 0 Å². The zero-order valence-corrected chi connectivity index (χ0v) is 16.3. The highest BCUT2D eigenvalue weighted by molar-refractivity contribution is 6.35. The zero-order chi connectivity index (χ0) is 21.6. The molecule has 0 fully saturated rings. The van der Waals surface area contributed by atoms with Gasteiger partial charge in [0.2, 0.25) is 0 Å². The van der Waals surface area contributed by atoms with Gasteiger partial charge in [-0.1, -0.05) is 54.6 Å². The molecular weight excluding hydrogens is 401 g/mol. The fourth-order valence-electron chi connectivity index (χ4n) is 3.97. The van der Waals surface area contributed by atoms with Crippen molar-refractivity contribution in [1.29, 1.82) is 0 Å². The number of hydrogen-bond acceptors (Lipinski definition) is 1. The van der Waals surface area contributed by atoms with Gasteiger partial charge in [-0.2, -0.15) is 13.2 Å². The number of benzene rings is 3. The number of carbonyl (C=O) groups excluding carboxylic acids is 1. The minimum atomic E-state index is -4.46. The van der Waals surface area contributed by atoms with Crippen molar-refractivity contribution < 1.29 is 18.0 Å². The third kappa shape index (κ3) is 3.50. The van der Waals surface area contributed by atoms with Crippen molar-refractivity contribution in [2.75, 3.05) is 5.32 Å². The summed E-state index contributed by atoms with van der Waals surface area (Å²) in [7, 11) is 0. The molecule has 1 N–H and O–H groups in total. The molecule has 3 aromatic carbocycles. The number of nitrogens with one attached hydrogen (secondary N) is 1. The van der Waals surface area contributed by atoms with Crippen LogP contribution in [0.2, 0.25) is 0 Å². The van der Waals surface area contributed by atoms with Crippen molar-refractivity contribution in [1.82, 2.24) is 4.57 Å². The maximum atomic E-state index is 13.0. The second-order valence-corrected chi connectivity index (χ2v) is 7.49. The first kappa shape index (κ1) is 19.2. The van der Waals surface area contributed by atoms with E-state index in [1.54, 1.807) is 6.08 Å². The molecule has 5 rings (SSSR count). The van der Waals surface area contributed by atoms with E-state index in [1.807, 2.05) is 60.8 Å². The molecule has 1 amide bonds. The summed E-state index contributed by atoms with van der Waals surface area (Å²) < 4.78 is 41.2. The lowest BCUT2D eigenvalue weighted by Gasteiger charge is -2.08. The molecule has 2 heterocycles. The van der Waals surface area contributed by atoms with Gasteiger partial charge in [-0.15, -0.1) is 0 Å². The monoisotopic (exact) mass is 418 g/mol. The van der Waals surface area contributed by atoms with Gasteiger partial charge in [0.1, 0.15) is 0 Å². The Morgan fingerprint density at radius 2 is 1.68 bits per heavy atom. The molecule has 0 saturated carbocycles. The number of amides is 1.